The molecule has 0 atom stereocenters. The van der Waals surface area contributed by atoms with Crippen molar-refractivity contribution in [3.63, 3.8) is 0 Å². The van der Waals surface area contributed by atoms with E-state index in [4.69, 9.17) is 32.7 Å². The maximum Gasteiger partial charge on any atom is 0.266 e. The largest absolute Gasteiger partial charge is 0.495 e. The van der Waals surface area contributed by atoms with Gasteiger partial charge in [-0.05, 0) is 45.1 Å². The Morgan fingerprint density at radius 3 is 2.37 bits per heavy atom. The molecule has 1 aliphatic carbocycles. The minimum atomic E-state index is -0.567. The molecule has 1 heterocycles. The molecule has 38 heavy (non-hydrogen) atoms. The number of amides is 1. The Morgan fingerprint density at radius 2 is 1.79 bits per heavy atom. The predicted molar refractivity (Wildman–Crippen MR) is 147 cm³/mol. The Bertz CT molecular complexity index is 1550. The minimum Gasteiger partial charge on any atom is -0.495 e. The molecule has 4 rings (SSSR count). The molecular weight excluding hydrogens is 527 g/mol. The van der Waals surface area contributed by atoms with Crippen LogP contribution < -0.4 is 20.1 Å². The highest BCUT2D eigenvalue weighted by Crippen LogP contribution is 2.43. The number of anilines is 3. The van der Waals surface area contributed by atoms with Gasteiger partial charge in [-0.2, -0.15) is 10.5 Å². The number of halogens is 2. The van der Waals surface area contributed by atoms with E-state index < -0.39 is 5.91 Å². The summed E-state index contributed by atoms with van der Waals surface area (Å²) in [6, 6.07) is 10.6. The number of nitriles is 2. The lowest BCUT2D eigenvalue weighted by Gasteiger charge is -2.20. The van der Waals surface area contributed by atoms with E-state index in [-0.39, 0.29) is 16.7 Å². The molecule has 0 bridgehead atoms. The van der Waals surface area contributed by atoms with Crippen LogP contribution in [0, 0.1) is 22.7 Å². The normalized spacial score (nSPS) is 14.0. The molecule has 1 aliphatic rings. The second-order valence-electron chi connectivity index (χ2n) is 8.94. The zero-order valence-corrected chi connectivity index (χ0v) is 22.7. The van der Waals surface area contributed by atoms with Gasteiger partial charge in [0.05, 0.1) is 52.4 Å². The molecule has 0 radical (unpaired) electrons. The SMILES string of the molecule is COc1cc(Nc2c(C#N)cnc3cc(OC)c(NC(=O)/C(C#N)=C/C4(N(C)C)CC4)cc23)c(Cl)cc1Cl. The first-order chi connectivity index (χ1) is 18.2. The number of hydrogen-bond donors (Lipinski definition) is 2. The molecule has 1 amide bonds. The van der Waals surface area contributed by atoms with Crippen molar-refractivity contribution in [2.75, 3.05) is 38.9 Å². The predicted octanol–water partition coefficient (Wildman–Crippen LogP) is 5.66. The van der Waals surface area contributed by atoms with E-state index >= 15 is 0 Å². The second-order valence-corrected chi connectivity index (χ2v) is 9.76. The summed E-state index contributed by atoms with van der Waals surface area (Å²) in [7, 11) is 6.78. The molecule has 2 N–H and O–H groups in total. The van der Waals surface area contributed by atoms with Gasteiger partial charge in [0.25, 0.3) is 5.91 Å². The van der Waals surface area contributed by atoms with Crippen molar-refractivity contribution in [3.8, 4) is 23.6 Å². The molecule has 0 spiro atoms. The average Bonchev–Trinajstić information content (AvgIpc) is 3.69. The van der Waals surface area contributed by atoms with Gasteiger partial charge in [0.15, 0.2) is 0 Å². The third kappa shape index (κ3) is 5.18. The van der Waals surface area contributed by atoms with E-state index in [9.17, 15) is 15.3 Å². The number of hydrogen-bond acceptors (Lipinski definition) is 8. The fraction of sp³-hybridized carbons (Fsp3) is 0.259. The van der Waals surface area contributed by atoms with Crippen LogP contribution in [0.4, 0.5) is 17.1 Å². The maximum atomic E-state index is 13.1. The number of nitrogens with zero attached hydrogens (tertiary/aromatic N) is 4. The molecule has 2 aromatic carbocycles. The van der Waals surface area contributed by atoms with Gasteiger partial charge in [-0.3, -0.25) is 9.78 Å². The monoisotopic (exact) mass is 550 g/mol. The summed E-state index contributed by atoms with van der Waals surface area (Å²) in [6.45, 7) is 0. The molecule has 0 unspecified atom stereocenters. The molecule has 194 valence electrons. The summed E-state index contributed by atoms with van der Waals surface area (Å²) in [5.41, 5.74) is 1.61. The number of nitrogens with one attached hydrogen (secondary N) is 2. The Kier molecular flexibility index (Phi) is 7.66. The Morgan fingerprint density at radius 1 is 1.08 bits per heavy atom. The highest BCUT2D eigenvalue weighted by Gasteiger charge is 2.43. The number of rotatable bonds is 8. The van der Waals surface area contributed by atoms with Gasteiger partial charge in [-0.25, -0.2) is 0 Å². The van der Waals surface area contributed by atoms with E-state index in [0.29, 0.717) is 49.5 Å². The summed E-state index contributed by atoms with van der Waals surface area (Å²) in [4.78, 5) is 19.5. The lowest BCUT2D eigenvalue weighted by atomic mass is 10.1. The summed E-state index contributed by atoms with van der Waals surface area (Å²) in [6.07, 6.45) is 4.87. The first kappa shape index (κ1) is 27.0. The molecule has 3 aromatic rings. The van der Waals surface area contributed by atoms with Crippen molar-refractivity contribution in [1.82, 2.24) is 9.88 Å². The number of pyridine rings is 1. The van der Waals surface area contributed by atoms with Crippen molar-refractivity contribution < 1.29 is 14.3 Å². The molecule has 1 saturated carbocycles. The van der Waals surface area contributed by atoms with Crippen molar-refractivity contribution >= 4 is 57.1 Å². The zero-order chi connectivity index (χ0) is 27.6. The van der Waals surface area contributed by atoms with Crippen LogP contribution in [0.15, 0.2) is 42.1 Å². The highest BCUT2D eigenvalue weighted by molar-refractivity contribution is 6.37. The van der Waals surface area contributed by atoms with Crippen LogP contribution in [0.1, 0.15) is 18.4 Å². The third-order valence-corrected chi connectivity index (χ3v) is 7.10. The number of fused-ring (bicyclic) bond motifs is 1. The van der Waals surface area contributed by atoms with Gasteiger partial charge in [-0.15, -0.1) is 0 Å². The average molecular weight is 551 g/mol. The molecule has 1 aromatic heterocycles. The van der Waals surface area contributed by atoms with E-state index in [1.165, 1.54) is 26.5 Å². The number of methoxy groups -OCH3 is 2. The summed E-state index contributed by atoms with van der Waals surface area (Å²) < 4.78 is 10.8. The van der Waals surface area contributed by atoms with Crippen LogP contribution in [0.2, 0.25) is 10.0 Å². The third-order valence-electron chi connectivity index (χ3n) is 6.49. The zero-order valence-electron chi connectivity index (χ0n) is 21.1. The molecular formula is C27H24Cl2N6O3. The van der Waals surface area contributed by atoms with Gasteiger partial charge in [-0.1, -0.05) is 23.2 Å². The van der Waals surface area contributed by atoms with Crippen molar-refractivity contribution in [2.45, 2.75) is 18.4 Å². The first-order valence-corrected chi connectivity index (χ1v) is 12.2. The number of aromatic nitrogens is 1. The lowest BCUT2D eigenvalue weighted by Crippen LogP contribution is -2.29. The number of carbonyl (C=O) groups is 1. The van der Waals surface area contributed by atoms with Crippen LogP contribution in [-0.4, -0.2) is 49.6 Å². The maximum absolute atomic E-state index is 13.1. The van der Waals surface area contributed by atoms with E-state index in [1.54, 1.807) is 24.3 Å². The number of likely N-dealkylation sites (N-methyl/N-ethyl adjacent to an activating group) is 1. The van der Waals surface area contributed by atoms with Crippen LogP contribution in [0.5, 0.6) is 11.5 Å². The highest BCUT2D eigenvalue weighted by atomic mass is 35.5. The van der Waals surface area contributed by atoms with E-state index in [0.717, 1.165) is 12.8 Å². The minimum absolute atomic E-state index is 0.000593. The van der Waals surface area contributed by atoms with Gasteiger partial charge >= 0.3 is 0 Å². The fourth-order valence-electron chi connectivity index (χ4n) is 4.08. The standard InChI is InChI=1S/C27H24Cl2N6O3/c1-35(2)27(5-6-27)11-15(12-30)26(36)34-22-7-17-20(9-24(22)38-4)32-14-16(13-31)25(17)33-21-10-23(37-3)19(29)8-18(21)28/h7-11,14H,5-6H2,1-4H3,(H,32,33)(H,34,36)/b15-11+. The summed E-state index contributed by atoms with van der Waals surface area (Å²) in [5, 5.41) is 26.6. The lowest BCUT2D eigenvalue weighted by molar-refractivity contribution is -0.112. The van der Waals surface area contributed by atoms with Crippen molar-refractivity contribution in [1.29, 1.82) is 10.5 Å². The van der Waals surface area contributed by atoms with Crippen molar-refractivity contribution in [3.05, 3.63) is 57.7 Å². The van der Waals surface area contributed by atoms with E-state index in [2.05, 4.69) is 21.7 Å². The Balaban J connectivity index is 1.79. The molecule has 0 aliphatic heterocycles. The number of carbonyl (C=O) groups excluding carboxylic acids is 1. The molecule has 0 saturated heterocycles. The van der Waals surface area contributed by atoms with Gasteiger partial charge < -0.3 is 25.0 Å². The molecule has 1 fully saturated rings. The Labute approximate surface area is 230 Å². The van der Waals surface area contributed by atoms with Gasteiger partial charge in [0.1, 0.15) is 29.2 Å². The van der Waals surface area contributed by atoms with E-state index in [1.807, 2.05) is 25.1 Å². The fourth-order valence-corrected chi connectivity index (χ4v) is 4.59. The molecule has 9 nitrogen and oxygen atoms in total. The number of benzene rings is 2. The summed E-state index contributed by atoms with van der Waals surface area (Å²) in [5.74, 6) is 0.168. The summed E-state index contributed by atoms with van der Waals surface area (Å²) >= 11 is 12.6. The van der Waals surface area contributed by atoms with Crippen LogP contribution in [0.3, 0.4) is 0 Å². The Hall–Kier alpha value is -4.02. The smallest absolute Gasteiger partial charge is 0.266 e. The number of ether oxygens (including phenoxy) is 2. The second kappa shape index (κ2) is 10.8. The van der Waals surface area contributed by atoms with Crippen LogP contribution in [-0.2, 0) is 4.79 Å². The quantitative estimate of drug-likeness (QED) is 0.272. The van der Waals surface area contributed by atoms with Gasteiger partial charge in [0.2, 0.25) is 0 Å². The van der Waals surface area contributed by atoms with Crippen molar-refractivity contribution in [2.24, 2.45) is 0 Å². The van der Waals surface area contributed by atoms with Crippen LogP contribution in [0.25, 0.3) is 10.9 Å². The molecule has 11 heteroatoms. The first-order valence-electron chi connectivity index (χ1n) is 11.5. The van der Waals surface area contributed by atoms with Gasteiger partial charge in [0, 0.05) is 29.3 Å². The topological polar surface area (TPSA) is 123 Å². The van der Waals surface area contributed by atoms with Crippen LogP contribution >= 0.6 is 23.2 Å².